The van der Waals surface area contributed by atoms with E-state index in [1.165, 1.54) is 6.08 Å². The minimum atomic E-state index is -2.37. The maximum absolute atomic E-state index is 11.8. The Labute approximate surface area is 204 Å². The molecule has 0 bridgehead atoms. The van der Waals surface area contributed by atoms with Crippen molar-refractivity contribution in [3.63, 3.8) is 0 Å². The fraction of sp³-hybridized carbons (Fsp3) is 0.192. The molecule has 2 unspecified atom stereocenters. The van der Waals surface area contributed by atoms with E-state index in [9.17, 15) is 4.79 Å². The van der Waals surface area contributed by atoms with Crippen LogP contribution in [0.1, 0.15) is 24.9 Å². The molecule has 2 atom stereocenters. The Balaban J connectivity index is 1.72. The van der Waals surface area contributed by atoms with Gasteiger partial charge in [-0.1, -0.05) is 84.1 Å². The molecule has 1 aliphatic heterocycles. The first-order valence-corrected chi connectivity index (χ1v) is 14.0. The largest absolute Gasteiger partial charge is 0.486 e. The molecule has 0 radical (unpaired) electrons. The normalized spacial score (nSPS) is 17.9. The number of nitrogens with one attached hydrogen (secondary N) is 1. The van der Waals surface area contributed by atoms with Gasteiger partial charge < -0.3 is 9.47 Å². The predicted molar refractivity (Wildman–Crippen MR) is 139 cm³/mol. The van der Waals surface area contributed by atoms with Gasteiger partial charge in [-0.15, -0.1) is 0 Å². The monoisotopic (exact) mass is 497 g/mol. The van der Waals surface area contributed by atoms with Crippen LogP contribution >= 0.6 is 17.8 Å². The van der Waals surface area contributed by atoms with E-state index in [0.717, 1.165) is 21.9 Å². The number of carbonyl (C=O) groups excluding carboxylic acids is 1. The lowest BCUT2D eigenvalue weighted by Gasteiger charge is -2.36. The molecule has 1 heterocycles. The van der Waals surface area contributed by atoms with Crippen LogP contribution in [0.3, 0.4) is 0 Å². The quantitative estimate of drug-likeness (QED) is 0.273. The van der Waals surface area contributed by atoms with Gasteiger partial charge in [0.05, 0.1) is 12.8 Å². The van der Waals surface area contributed by atoms with E-state index in [0.29, 0.717) is 18.1 Å². The Morgan fingerprint density at radius 2 is 1.76 bits per heavy atom. The van der Waals surface area contributed by atoms with Gasteiger partial charge in [0.25, 0.3) is 0 Å². The van der Waals surface area contributed by atoms with Gasteiger partial charge in [0.1, 0.15) is 11.9 Å². The second-order valence-electron chi connectivity index (χ2n) is 7.65. The standard InChI is InChI=1S/C26H25ClNO3PS/c1-2-30-26(29)16-14-20-18-24(23-17-19(27)13-15-25(23)31-20)28-32(33,21-9-5-3-6-10-21)22-11-7-4-8-12-22/h3-17,20,24H,2,18H2,1H3,(H,28,33)/b16-14+. The summed E-state index contributed by atoms with van der Waals surface area (Å²) in [4.78, 5) is 11.8. The van der Waals surface area contributed by atoms with Crippen LogP contribution in [0.5, 0.6) is 5.75 Å². The lowest BCUT2D eigenvalue weighted by Crippen LogP contribution is -2.35. The summed E-state index contributed by atoms with van der Waals surface area (Å²) in [6.45, 7) is 2.11. The highest BCUT2D eigenvalue weighted by Gasteiger charge is 2.33. The molecule has 33 heavy (non-hydrogen) atoms. The van der Waals surface area contributed by atoms with E-state index in [1.807, 2.05) is 48.5 Å². The van der Waals surface area contributed by atoms with Gasteiger partial charge in [-0.25, -0.2) is 4.79 Å². The van der Waals surface area contributed by atoms with E-state index >= 15 is 0 Å². The summed E-state index contributed by atoms with van der Waals surface area (Å²) in [5.41, 5.74) is 0.962. The Morgan fingerprint density at radius 3 is 2.36 bits per heavy atom. The van der Waals surface area contributed by atoms with Crippen LogP contribution in [-0.4, -0.2) is 18.7 Å². The predicted octanol–water partition coefficient (Wildman–Crippen LogP) is 5.29. The number of carbonyl (C=O) groups is 1. The summed E-state index contributed by atoms with van der Waals surface area (Å²) in [5.74, 6) is 0.343. The average Bonchev–Trinajstić information content (AvgIpc) is 2.84. The smallest absolute Gasteiger partial charge is 0.330 e. The fourth-order valence-electron chi connectivity index (χ4n) is 3.88. The lowest BCUT2D eigenvalue weighted by molar-refractivity contribution is -0.137. The molecule has 4 rings (SSSR count). The number of esters is 1. The first-order chi connectivity index (χ1) is 16.0. The van der Waals surface area contributed by atoms with Crippen molar-refractivity contribution in [2.24, 2.45) is 0 Å². The second-order valence-corrected chi connectivity index (χ2v) is 12.2. The number of hydrogen-bond acceptors (Lipinski definition) is 4. The first-order valence-electron chi connectivity index (χ1n) is 10.8. The molecular formula is C26H25ClNO3PS. The molecule has 0 aliphatic carbocycles. The van der Waals surface area contributed by atoms with Crippen molar-refractivity contribution in [3.8, 4) is 5.75 Å². The fourth-order valence-corrected chi connectivity index (χ4v) is 7.64. The highest BCUT2D eigenvalue weighted by Crippen LogP contribution is 2.46. The molecule has 7 heteroatoms. The summed E-state index contributed by atoms with van der Waals surface area (Å²) in [7, 11) is 0. The van der Waals surface area contributed by atoms with Crippen molar-refractivity contribution in [1.82, 2.24) is 5.09 Å². The average molecular weight is 498 g/mol. The molecular weight excluding hydrogens is 473 g/mol. The molecule has 0 saturated heterocycles. The van der Waals surface area contributed by atoms with Crippen LogP contribution in [0.4, 0.5) is 0 Å². The number of benzene rings is 3. The van der Waals surface area contributed by atoms with Crippen molar-refractivity contribution in [3.05, 3.63) is 102 Å². The van der Waals surface area contributed by atoms with E-state index in [-0.39, 0.29) is 18.1 Å². The molecule has 0 aromatic heterocycles. The van der Waals surface area contributed by atoms with Crippen LogP contribution in [0, 0.1) is 0 Å². The van der Waals surface area contributed by atoms with E-state index in [2.05, 4.69) is 29.4 Å². The molecule has 0 spiro atoms. The summed E-state index contributed by atoms with van der Waals surface area (Å²) < 4.78 is 11.2. The number of hydrogen-bond donors (Lipinski definition) is 1. The van der Waals surface area contributed by atoms with Crippen LogP contribution in [0.25, 0.3) is 0 Å². The van der Waals surface area contributed by atoms with Gasteiger partial charge >= 0.3 is 5.97 Å². The SMILES string of the molecule is CCOC(=O)/C=C/C1CC(NP(=S)(c2ccccc2)c2ccccc2)c2cc(Cl)ccc2O1. The van der Waals surface area contributed by atoms with E-state index < -0.39 is 6.19 Å². The topological polar surface area (TPSA) is 47.6 Å². The van der Waals surface area contributed by atoms with Gasteiger partial charge in [0.15, 0.2) is 0 Å². The molecule has 3 aromatic carbocycles. The van der Waals surface area contributed by atoms with Gasteiger partial charge in [-0.05, 0) is 31.2 Å². The first kappa shape index (κ1) is 23.7. The summed E-state index contributed by atoms with van der Waals surface area (Å²) in [5, 5.41) is 6.63. The van der Waals surface area contributed by atoms with Crippen LogP contribution < -0.4 is 20.4 Å². The summed E-state index contributed by atoms with van der Waals surface area (Å²) >= 11 is 12.7. The number of ether oxygens (including phenoxy) is 2. The van der Waals surface area contributed by atoms with Crippen molar-refractivity contribution >= 4 is 46.2 Å². The molecule has 3 aromatic rings. The number of rotatable bonds is 7. The summed E-state index contributed by atoms with van der Waals surface area (Å²) in [6, 6.07) is 25.9. The third-order valence-electron chi connectivity index (χ3n) is 5.40. The van der Waals surface area contributed by atoms with Crippen LogP contribution in [-0.2, 0) is 21.3 Å². The lowest BCUT2D eigenvalue weighted by atomic mass is 9.97. The maximum Gasteiger partial charge on any atom is 0.330 e. The number of halogens is 1. The second kappa shape index (κ2) is 10.7. The van der Waals surface area contributed by atoms with Crippen molar-refractivity contribution in [1.29, 1.82) is 0 Å². The Morgan fingerprint density at radius 1 is 1.12 bits per heavy atom. The molecule has 0 saturated carbocycles. The van der Waals surface area contributed by atoms with Crippen molar-refractivity contribution < 1.29 is 14.3 Å². The highest BCUT2D eigenvalue weighted by atomic mass is 35.5. The number of fused-ring (bicyclic) bond motifs is 1. The van der Waals surface area contributed by atoms with Gasteiger partial charge in [0, 0.05) is 39.7 Å². The molecule has 0 amide bonds. The van der Waals surface area contributed by atoms with Gasteiger partial charge in [0.2, 0.25) is 0 Å². The Bertz CT molecular complexity index is 1140. The Kier molecular flexibility index (Phi) is 7.67. The Hall–Kier alpha value is -2.43. The summed E-state index contributed by atoms with van der Waals surface area (Å²) in [6.07, 6.45) is 1.10. The molecule has 1 aliphatic rings. The highest BCUT2D eigenvalue weighted by molar-refractivity contribution is 8.20. The molecule has 0 fully saturated rings. The van der Waals surface area contributed by atoms with E-state index in [1.54, 1.807) is 19.1 Å². The van der Waals surface area contributed by atoms with Crippen molar-refractivity contribution in [2.75, 3.05) is 6.61 Å². The van der Waals surface area contributed by atoms with Crippen molar-refractivity contribution in [2.45, 2.75) is 25.5 Å². The van der Waals surface area contributed by atoms with Gasteiger partial charge in [-0.2, -0.15) is 0 Å². The molecule has 4 nitrogen and oxygen atoms in total. The maximum atomic E-state index is 11.8. The van der Waals surface area contributed by atoms with Crippen LogP contribution in [0.15, 0.2) is 91.0 Å². The zero-order valence-electron chi connectivity index (χ0n) is 18.2. The zero-order valence-corrected chi connectivity index (χ0v) is 20.7. The third kappa shape index (κ3) is 5.56. The zero-order chi connectivity index (χ0) is 23.3. The van der Waals surface area contributed by atoms with E-state index in [4.69, 9.17) is 32.9 Å². The molecule has 1 N–H and O–H groups in total. The third-order valence-corrected chi connectivity index (χ3v) is 9.95. The van der Waals surface area contributed by atoms with Gasteiger partial charge in [-0.3, -0.25) is 5.09 Å². The minimum Gasteiger partial charge on any atom is -0.486 e. The van der Waals surface area contributed by atoms with Crippen LogP contribution in [0.2, 0.25) is 5.02 Å². The minimum absolute atomic E-state index is 0.115. The molecule has 170 valence electrons.